The van der Waals surface area contributed by atoms with Crippen LogP contribution in [0.25, 0.3) is 0 Å². The van der Waals surface area contributed by atoms with Crippen molar-refractivity contribution in [3.05, 3.63) is 46.1 Å². The largest absolute Gasteiger partial charge is 0.383 e. The Kier molecular flexibility index (Phi) is 2.77. The third kappa shape index (κ3) is 2.04. The van der Waals surface area contributed by atoms with Crippen LogP contribution in [0.5, 0.6) is 0 Å². The van der Waals surface area contributed by atoms with Gasteiger partial charge in [-0.15, -0.1) is 0 Å². The molecule has 0 spiro atoms. The summed E-state index contributed by atoms with van der Waals surface area (Å²) in [7, 11) is 0. The molecule has 0 unspecified atom stereocenters. The van der Waals surface area contributed by atoms with Gasteiger partial charge in [-0.2, -0.15) is 5.10 Å². The van der Waals surface area contributed by atoms with E-state index in [4.69, 9.17) is 5.73 Å². The first kappa shape index (κ1) is 10.2. The molecule has 0 aliphatic carbocycles. The molecule has 4 heteroatoms. The standard InChI is InChI=1S/C11H12BrN3/c1-8-4-2-3-5-9(8)7-15-11(13)10(12)6-14-15/h2-6H,7,13H2,1H3. The second-order valence-electron chi connectivity index (χ2n) is 3.46. The average Bonchev–Trinajstić information content (AvgIpc) is 2.53. The van der Waals surface area contributed by atoms with Crippen LogP contribution in [0.4, 0.5) is 5.82 Å². The van der Waals surface area contributed by atoms with Gasteiger partial charge in [-0.05, 0) is 34.0 Å². The van der Waals surface area contributed by atoms with Crippen LogP contribution in [-0.2, 0) is 6.54 Å². The second-order valence-corrected chi connectivity index (χ2v) is 4.32. The first-order chi connectivity index (χ1) is 7.18. The van der Waals surface area contributed by atoms with Crippen molar-refractivity contribution in [3.8, 4) is 0 Å². The molecule has 0 aliphatic rings. The zero-order chi connectivity index (χ0) is 10.8. The monoisotopic (exact) mass is 265 g/mol. The lowest BCUT2D eigenvalue weighted by molar-refractivity contribution is 0.694. The van der Waals surface area contributed by atoms with E-state index in [1.165, 1.54) is 11.1 Å². The minimum absolute atomic E-state index is 0.665. The van der Waals surface area contributed by atoms with Crippen molar-refractivity contribution in [1.29, 1.82) is 0 Å². The lowest BCUT2D eigenvalue weighted by atomic mass is 10.1. The third-order valence-electron chi connectivity index (χ3n) is 2.41. The normalized spacial score (nSPS) is 10.5. The van der Waals surface area contributed by atoms with Gasteiger partial charge in [-0.3, -0.25) is 0 Å². The van der Waals surface area contributed by atoms with E-state index in [-0.39, 0.29) is 0 Å². The number of rotatable bonds is 2. The number of anilines is 1. The van der Waals surface area contributed by atoms with Crippen LogP contribution < -0.4 is 5.73 Å². The fourth-order valence-corrected chi connectivity index (χ4v) is 1.74. The predicted molar refractivity (Wildman–Crippen MR) is 64.6 cm³/mol. The number of hydrogen-bond acceptors (Lipinski definition) is 2. The molecule has 0 saturated heterocycles. The summed E-state index contributed by atoms with van der Waals surface area (Å²) in [5, 5.41) is 4.20. The van der Waals surface area contributed by atoms with Crippen molar-refractivity contribution in [1.82, 2.24) is 9.78 Å². The van der Waals surface area contributed by atoms with Gasteiger partial charge in [0.1, 0.15) is 5.82 Å². The molecule has 2 aromatic rings. The second kappa shape index (κ2) is 4.06. The topological polar surface area (TPSA) is 43.8 Å². The van der Waals surface area contributed by atoms with E-state index in [9.17, 15) is 0 Å². The zero-order valence-corrected chi connectivity index (χ0v) is 10.0. The molecule has 0 aliphatic heterocycles. The van der Waals surface area contributed by atoms with E-state index < -0.39 is 0 Å². The maximum atomic E-state index is 5.85. The lowest BCUT2D eigenvalue weighted by Gasteiger charge is -2.07. The van der Waals surface area contributed by atoms with Gasteiger partial charge in [0, 0.05) is 0 Å². The molecule has 0 saturated carbocycles. The van der Waals surface area contributed by atoms with Crippen molar-refractivity contribution in [2.45, 2.75) is 13.5 Å². The van der Waals surface area contributed by atoms with Crippen molar-refractivity contribution in [2.24, 2.45) is 0 Å². The maximum Gasteiger partial charge on any atom is 0.136 e. The van der Waals surface area contributed by atoms with E-state index in [1.54, 1.807) is 10.9 Å². The average molecular weight is 266 g/mol. The van der Waals surface area contributed by atoms with Gasteiger partial charge in [0.05, 0.1) is 17.2 Å². The van der Waals surface area contributed by atoms with E-state index in [1.807, 2.05) is 12.1 Å². The molecule has 1 aromatic heterocycles. The zero-order valence-electron chi connectivity index (χ0n) is 8.44. The van der Waals surface area contributed by atoms with Gasteiger partial charge in [-0.25, -0.2) is 4.68 Å². The van der Waals surface area contributed by atoms with Crippen LogP contribution in [0.1, 0.15) is 11.1 Å². The van der Waals surface area contributed by atoms with Crippen molar-refractivity contribution in [3.63, 3.8) is 0 Å². The van der Waals surface area contributed by atoms with E-state index in [2.05, 4.69) is 40.1 Å². The molecule has 0 amide bonds. The molecule has 1 aromatic carbocycles. The van der Waals surface area contributed by atoms with Crippen LogP contribution in [-0.4, -0.2) is 9.78 Å². The Labute approximate surface area is 97.0 Å². The number of benzene rings is 1. The summed E-state index contributed by atoms with van der Waals surface area (Å²) in [6.45, 7) is 2.80. The highest BCUT2D eigenvalue weighted by Crippen LogP contribution is 2.19. The fraction of sp³-hybridized carbons (Fsp3) is 0.182. The van der Waals surface area contributed by atoms with Gasteiger partial charge in [0.2, 0.25) is 0 Å². The molecule has 0 radical (unpaired) electrons. The number of nitrogens with zero attached hydrogens (tertiary/aromatic N) is 2. The first-order valence-corrected chi connectivity index (χ1v) is 5.49. The lowest BCUT2D eigenvalue weighted by Crippen LogP contribution is -2.06. The summed E-state index contributed by atoms with van der Waals surface area (Å²) in [4.78, 5) is 0. The van der Waals surface area contributed by atoms with Gasteiger partial charge in [0.25, 0.3) is 0 Å². The molecule has 0 atom stereocenters. The third-order valence-corrected chi connectivity index (χ3v) is 3.03. The molecular formula is C11H12BrN3. The Balaban J connectivity index is 2.30. The van der Waals surface area contributed by atoms with E-state index in [0.29, 0.717) is 12.4 Å². The fourth-order valence-electron chi connectivity index (χ4n) is 1.45. The molecular weight excluding hydrogens is 254 g/mol. The summed E-state index contributed by atoms with van der Waals surface area (Å²) >= 11 is 3.34. The Morgan fingerprint density at radius 3 is 2.73 bits per heavy atom. The Hall–Kier alpha value is -1.29. The Bertz CT molecular complexity index is 476. The van der Waals surface area contributed by atoms with Crippen molar-refractivity contribution < 1.29 is 0 Å². The van der Waals surface area contributed by atoms with Gasteiger partial charge < -0.3 is 5.73 Å². The Morgan fingerprint density at radius 1 is 1.40 bits per heavy atom. The minimum Gasteiger partial charge on any atom is -0.383 e. The predicted octanol–water partition coefficient (Wildman–Crippen LogP) is 2.58. The smallest absolute Gasteiger partial charge is 0.136 e. The number of aromatic nitrogens is 2. The van der Waals surface area contributed by atoms with Crippen LogP contribution in [0, 0.1) is 6.92 Å². The quantitative estimate of drug-likeness (QED) is 0.907. The highest BCUT2D eigenvalue weighted by molar-refractivity contribution is 9.10. The summed E-state index contributed by atoms with van der Waals surface area (Å²) in [5.41, 5.74) is 8.34. The number of nitrogen functional groups attached to an aromatic ring is 1. The minimum atomic E-state index is 0.665. The van der Waals surface area contributed by atoms with Gasteiger partial charge in [0.15, 0.2) is 0 Å². The number of hydrogen-bond donors (Lipinski definition) is 1. The van der Waals surface area contributed by atoms with E-state index in [0.717, 1.165) is 4.47 Å². The maximum absolute atomic E-state index is 5.85. The van der Waals surface area contributed by atoms with Gasteiger partial charge in [-0.1, -0.05) is 24.3 Å². The number of aryl methyl sites for hydroxylation is 1. The molecule has 1 heterocycles. The molecule has 2 N–H and O–H groups in total. The van der Waals surface area contributed by atoms with Crippen LogP contribution in [0.2, 0.25) is 0 Å². The highest BCUT2D eigenvalue weighted by Gasteiger charge is 2.05. The van der Waals surface area contributed by atoms with Crippen molar-refractivity contribution >= 4 is 21.7 Å². The molecule has 0 fully saturated rings. The van der Waals surface area contributed by atoms with Crippen LogP contribution >= 0.6 is 15.9 Å². The summed E-state index contributed by atoms with van der Waals surface area (Å²) < 4.78 is 2.63. The van der Waals surface area contributed by atoms with Crippen LogP contribution in [0.3, 0.4) is 0 Å². The molecule has 15 heavy (non-hydrogen) atoms. The number of nitrogens with two attached hydrogens (primary N) is 1. The van der Waals surface area contributed by atoms with Crippen LogP contribution in [0.15, 0.2) is 34.9 Å². The molecule has 78 valence electrons. The Morgan fingerprint density at radius 2 is 2.13 bits per heavy atom. The highest BCUT2D eigenvalue weighted by atomic mass is 79.9. The summed E-state index contributed by atoms with van der Waals surface area (Å²) in [5.74, 6) is 0.665. The number of halogens is 1. The molecule has 0 bridgehead atoms. The molecule has 3 nitrogen and oxygen atoms in total. The van der Waals surface area contributed by atoms with Gasteiger partial charge >= 0.3 is 0 Å². The van der Waals surface area contributed by atoms with E-state index >= 15 is 0 Å². The summed E-state index contributed by atoms with van der Waals surface area (Å²) in [6.07, 6.45) is 1.72. The summed E-state index contributed by atoms with van der Waals surface area (Å²) in [6, 6.07) is 8.23. The SMILES string of the molecule is Cc1ccccc1Cn1ncc(Br)c1N. The van der Waals surface area contributed by atoms with Crippen molar-refractivity contribution in [2.75, 3.05) is 5.73 Å². The first-order valence-electron chi connectivity index (χ1n) is 4.70. The molecule has 2 rings (SSSR count).